The third-order valence-corrected chi connectivity index (χ3v) is 3.71. The molecule has 3 nitrogen and oxygen atoms in total. The minimum atomic E-state index is 0.596. The van der Waals surface area contributed by atoms with Gasteiger partial charge >= 0.3 is 0 Å². The SMILES string of the molecule is CN(CCCOc1ccccc1C#N)Cc1ccsc1. The number of benzene rings is 1. The van der Waals surface area contributed by atoms with Gasteiger partial charge in [0, 0.05) is 13.1 Å². The van der Waals surface area contributed by atoms with Gasteiger partial charge in [0.25, 0.3) is 0 Å². The third kappa shape index (κ3) is 4.37. The zero-order chi connectivity index (χ0) is 14.2. The first-order chi connectivity index (χ1) is 9.79. The van der Waals surface area contributed by atoms with Crippen molar-refractivity contribution in [3.8, 4) is 11.8 Å². The van der Waals surface area contributed by atoms with E-state index in [1.807, 2.05) is 18.2 Å². The highest BCUT2D eigenvalue weighted by molar-refractivity contribution is 7.07. The van der Waals surface area contributed by atoms with Crippen LogP contribution in [0, 0.1) is 11.3 Å². The molecule has 104 valence electrons. The van der Waals surface area contributed by atoms with Gasteiger partial charge in [-0.15, -0.1) is 0 Å². The second-order valence-electron chi connectivity index (χ2n) is 4.68. The summed E-state index contributed by atoms with van der Waals surface area (Å²) in [6.45, 7) is 2.58. The molecule has 0 bridgehead atoms. The molecular weight excluding hydrogens is 268 g/mol. The summed E-state index contributed by atoms with van der Waals surface area (Å²) < 4.78 is 5.67. The average Bonchev–Trinajstić information content (AvgIpc) is 2.97. The van der Waals surface area contributed by atoms with Gasteiger partial charge in [-0.05, 0) is 48.0 Å². The molecular formula is C16H18N2OS. The summed E-state index contributed by atoms with van der Waals surface area (Å²) >= 11 is 1.73. The van der Waals surface area contributed by atoms with Crippen LogP contribution in [0.4, 0.5) is 0 Å². The summed E-state index contributed by atoms with van der Waals surface area (Å²) in [4.78, 5) is 2.28. The van der Waals surface area contributed by atoms with Crippen LogP contribution in [0.25, 0.3) is 0 Å². The molecule has 1 aromatic carbocycles. The monoisotopic (exact) mass is 286 g/mol. The molecule has 0 amide bonds. The highest BCUT2D eigenvalue weighted by Gasteiger charge is 2.03. The Balaban J connectivity index is 1.70. The molecule has 20 heavy (non-hydrogen) atoms. The fraction of sp³-hybridized carbons (Fsp3) is 0.312. The summed E-state index contributed by atoms with van der Waals surface area (Å²) in [7, 11) is 2.11. The van der Waals surface area contributed by atoms with Gasteiger partial charge in [0.1, 0.15) is 11.8 Å². The molecule has 2 rings (SSSR count). The van der Waals surface area contributed by atoms with Gasteiger partial charge in [0.05, 0.1) is 12.2 Å². The quantitative estimate of drug-likeness (QED) is 0.731. The van der Waals surface area contributed by atoms with E-state index in [0.29, 0.717) is 17.9 Å². The maximum absolute atomic E-state index is 8.97. The van der Waals surface area contributed by atoms with E-state index in [1.165, 1.54) is 5.56 Å². The predicted octanol–water partition coefficient (Wildman–Crippen LogP) is 3.52. The lowest BCUT2D eigenvalue weighted by Crippen LogP contribution is -2.20. The van der Waals surface area contributed by atoms with Gasteiger partial charge in [-0.1, -0.05) is 12.1 Å². The van der Waals surface area contributed by atoms with Crippen molar-refractivity contribution in [2.45, 2.75) is 13.0 Å². The fourth-order valence-corrected chi connectivity index (χ4v) is 2.63. The van der Waals surface area contributed by atoms with Crippen LogP contribution in [0.3, 0.4) is 0 Å². The summed E-state index contributed by atoms with van der Waals surface area (Å²) in [5.41, 5.74) is 1.95. The second kappa shape index (κ2) is 7.68. The van der Waals surface area contributed by atoms with E-state index in [4.69, 9.17) is 10.00 Å². The Bertz CT molecular complexity index is 560. The Morgan fingerprint density at radius 1 is 1.30 bits per heavy atom. The van der Waals surface area contributed by atoms with Crippen LogP contribution in [0.15, 0.2) is 41.1 Å². The topological polar surface area (TPSA) is 36.3 Å². The van der Waals surface area contributed by atoms with Crippen molar-refractivity contribution in [1.29, 1.82) is 5.26 Å². The van der Waals surface area contributed by atoms with Crippen LogP contribution >= 0.6 is 11.3 Å². The molecule has 0 saturated carbocycles. The Morgan fingerprint density at radius 3 is 2.90 bits per heavy atom. The highest BCUT2D eigenvalue weighted by Crippen LogP contribution is 2.16. The number of nitrogens with zero attached hydrogens (tertiary/aromatic N) is 2. The summed E-state index contributed by atoms with van der Waals surface area (Å²) in [6.07, 6.45) is 0.945. The maximum Gasteiger partial charge on any atom is 0.137 e. The second-order valence-corrected chi connectivity index (χ2v) is 5.46. The molecule has 4 heteroatoms. The fourth-order valence-electron chi connectivity index (χ4n) is 1.97. The highest BCUT2D eigenvalue weighted by atomic mass is 32.1. The zero-order valence-corrected chi connectivity index (χ0v) is 12.4. The molecule has 0 unspecified atom stereocenters. The van der Waals surface area contributed by atoms with Crippen LogP contribution < -0.4 is 4.74 Å². The van der Waals surface area contributed by atoms with E-state index < -0.39 is 0 Å². The van der Waals surface area contributed by atoms with Gasteiger partial charge in [0.15, 0.2) is 0 Å². The molecule has 0 radical (unpaired) electrons. The van der Waals surface area contributed by atoms with Gasteiger partial charge in [-0.2, -0.15) is 16.6 Å². The lowest BCUT2D eigenvalue weighted by Gasteiger charge is -2.16. The number of para-hydroxylation sites is 1. The molecule has 0 saturated heterocycles. The smallest absolute Gasteiger partial charge is 0.137 e. The van der Waals surface area contributed by atoms with Gasteiger partial charge < -0.3 is 9.64 Å². The number of ether oxygens (including phenoxy) is 1. The predicted molar refractivity (Wildman–Crippen MR) is 81.9 cm³/mol. The number of rotatable bonds is 7. The molecule has 0 N–H and O–H groups in total. The first-order valence-corrected chi connectivity index (χ1v) is 7.55. The molecule has 1 heterocycles. The first-order valence-electron chi connectivity index (χ1n) is 6.61. The summed E-state index contributed by atoms with van der Waals surface area (Å²) in [5, 5.41) is 13.2. The largest absolute Gasteiger partial charge is 0.492 e. The molecule has 2 aromatic rings. The Morgan fingerprint density at radius 2 is 2.15 bits per heavy atom. The Kier molecular flexibility index (Phi) is 5.60. The number of thiophene rings is 1. The van der Waals surface area contributed by atoms with Crippen molar-refractivity contribution in [2.75, 3.05) is 20.2 Å². The van der Waals surface area contributed by atoms with Crippen molar-refractivity contribution in [3.63, 3.8) is 0 Å². The third-order valence-electron chi connectivity index (χ3n) is 2.98. The van der Waals surface area contributed by atoms with E-state index in [0.717, 1.165) is 19.5 Å². The van der Waals surface area contributed by atoms with E-state index >= 15 is 0 Å². The van der Waals surface area contributed by atoms with Gasteiger partial charge in [-0.25, -0.2) is 0 Å². The van der Waals surface area contributed by atoms with Crippen molar-refractivity contribution < 1.29 is 4.74 Å². The van der Waals surface area contributed by atoms with E-state index in [-0.39, 0.29) is 0 Å². The van der Waals surface area contributed by atoms with Crippen molar-refractivity contribution >= 4 is 11.3 Å². The lowest BCUT2D eigenvalue weighted by molar-refractivity contribution is 0.258. The molecule has 0 aliphatic carbocycles. The normalized spacial score (nSPS) is 10.4. The van der Waals surface area contributed by atoms with E-state index in [2.05, 4.69) is 34.8 Å². The van der Waals surface area contributed by atoms with Crippen LogP contribution in [-0.4, -0.2) is 25.1 Å². The Labute approximate surface area is 124 Å². The average molecular weight is 286 g/mol. The van der Waals surface area contributed by atoms with Crippen LogP contribution in [0.5, 0.6) is 5.75 Å². The minimum Gasteiger partial charge on any atom is -0.492 e. The first kappa shape index (κ1) is 14.6. The van der Waals surface area contributed by atoms with Crippen LogP contribution in [-0.2, 0) is 6.54 Å². The zero-order valence-electron chi connectivity index (χ0n) is 11.6. The molecule has 0 aliphatic heterocycles. The van der Waals surface area contributed by atoms with E-state index in [9.17, 15) is 0 Å². The standard InChI is InChI=1S/C16H18N2OS/c1-18(12-14-7-10-20-13-14)8-4-9-19-16-6-3-2-5-15(16)11-17/h2-3,5-7,10,13H,4,8-9,12H2,1H3. The molecule has 0 spiro atoms. The maximum atomic E-state index is 8.97. The number of nitriles is 1. The molecule has 0 fully saturated rings. The van der Waals surface area contributed by atoms with Crippen LogP contribution in [0.1, 0.15) is 17.5 Å². The lowest BCUT2D eigenvalue weighted by atomic mass is 10.2. The van der Waals surface area contributed by atoms with Crippen molar-refractivity contribution in [3.05, 3.63) is 52.2 Å². The molecule has 1 aromatic heterocycles. The van der Waals surface area contributed by atoms with E-state index in [1.54, 1.807) is 17.4 Å². The Hall–Kier alpha value is -1.83. The van der Waals surface area contributed by atoms with Crippen molar-refractivity contribution in [2.24, 2.45) is 0 Å². The molecule has 0 aliphatic rings. The number of hydrogen-bond donors (Lipinski definition) is 0. The summed E-state index contributed by atoms with van der Waals surface area (Å²) in [5.74, 6) is 0.676. The van der Waals surface area contributed by atoms with Crippen molar-refractivity contribution in [1.82, 2.24) is 4.90 Å². The van der Waals surface area contributed by atoms with Crippen LogP contribution in [0.2, 0.25) is 0 Å². The van der Waals surface area contributed by atoms with Gasteiger partial charge in [-0.3, -0.25) is 0 Å². The summed E-state index contributed by atoms with van der Waals surface area (Å²) in [6, 6.07) is 11.6. The minimum absolute atomic E-state index is 0.596. The molecule has 0 atom stereocenters. The number of hydrogen-bond acceptors (Lipinski definition) is 4. The van der Waals surface area contributed by atoms with Gasteiger partial charge in [0.2, 0.25) is 0 Å².